The quantitative estimate of drug-likeness (QED) is 0.601. The van der Waals surface area contributed by atoms with Crippen LogP contribution >= 0.6 is 0 Å². The van der Waals surface area contributed by atoms with Gasteiger partial charge in [0.1, 0.15) is 0 Å². The van der Waals surface area contributed by atoms with E-state index in [1.165, 1.54) is 38.9 Å². The lowest BCUT2D eigenvalue weighted by molar-refractivity contribution is 0.211. The van der Waals surface area contributed by atoms with Gasteiger partial charge < -0.3 is 10.6 Å². The summed E-state index contributed by atoms with van der Waals surface area (Å²) in [6.07, 6.45) is 4.16. The van der Waals surface area contributed by atoms with Gasteiger partial charge in [0.25, 0.3) is 0 Å². The van der Waals surface area contributed by atoms with E-state index in [1.54, 1.807) is 0 Å². The van der Waals surface area contributed by atoms with E-state index in [9.17, 15) is 0 Å². The van der Waals surface area contributed by atoms with Crippen molar-refractivity contribution in [1.29, 1.82) is 0 Å². The molecule has 0 saturated carbocycles. The molecule has 3 saturated heterocycles. The Morgan fingerprint density at radius 3 is 2.36 bits per heavy atom. The Hall–Kier alpha value is -0.0800. The highest BCUT2D eigenvalue weighted by atomic mass is 15.1. The van der Waals surface area contributed by atoms with Crippen LogP contribution in [0, 0.1) is 11.8 Å². The normalized spacial score (nSPS) is 43.9. The van der Waals surface area contributed by atoms with E-state index in [4.69, 9.17) is 5.73 Å². The van der Waals surface area contributed by atoms with Crippen LogP contribution in [-0.2, 0) is 0 Å². The minimum Gasteiger partial charge on any atom is -0.330 e. The van der Waals surface area contributed by atoms with Crippen molar-refractivity contribution < 1.29 is 0 Å². The molecule has 0 aromatic carbocycles. The van der Waals surface area contributed by atoms with E-state index in [1.807, 2.05) is 0 Å². The van der Waals surface area contributed by atoms with Gasteiger partial charge in [-0.2, -0.15) is 0 Å². The van der Waals surface area contributed by atoms with Gasteiger partial charge in [-0.25, -0.2) is 0 Å². The van der Waals surface area contributed by atoms with E-state index in [0.29, 0.717) is 0 Å². The second-order valence-electron chi connectivity index (χ2n) is 3.96. The Kier molecular flexibility index (Phi) is 2.14. The van der Waals surface area contributed by atoms with Crippen molar-refractivity contribution in [3.63, 3.8) is 0 Å². The molecule has 0 spiro atoms. The summed E-state index contributed by atoms with van der Waals surface area (Å²) in [5, 5.41) is 0. The zero-order valence-corrected chi connectivity index (χ0v) is 7.13. The van der Waals surface area contributed by atoms with Gasteiger partial charge in [-0.3, -0.25) is 0 Å². The predicted octanol–water partition coefficient (Wildman–Crippen LogP) is 0.677. The van der Waals surface area contributed by atoms with Crippen molar-refractivity contribution >= 4 is 0 Å². The zero-order valence-electron chi connectivity index (χ0n) is 7.13. The van der Waals surface area contributed by atoms with Gasteiger partial charge >= 0.3 is 0 Å². The second-order valence-corrected chi connectivity index (χ2v) is 3.96. The number of hydrogen-bond donors (Lipinski definition) is 1. The van der Waals surface area contributed by atoms with Crippen LogP contribution < -0.4 is 5.73 Å². The Labute approximate surface area is 68.7 Å². The Morgan fingerprint density at radius 2 is 1.73 bits per heavy atom. The molecule has 3 fully saturated rings. The number of nitrogens with two attached hydrogens (primary N) is 1. The Morgan fingerprint density at radius 1 is 1.09 bits per heavy atom. The largest absolute Gasteiger partial charge is 0.330 e. The third-order valence-corrected chi connectivity index (χ3v) is 3.42. The molecule has 2 nitrogen and oxygen atoms in total. The molecule has 64 valence electrons. The standard InChI is InChI=1S/C9H18N2/c10-7-9-3-6-11-4-1-8(9)2-5-11/h8-9H,1-7,10H2. The highest BCUT2D eigenvalue weighted by Gasteiger charge is 2.29. The lowest BCUT2D eigenvalue weighted by Crippen LogP contribution is -2.31. The fraction of sp³-hybridized carbons (Fsp3) is 1.00. The molecule has 0 amide bonds. The van der Waals surface area contributed by atoms with Gasteiger partial charge in [-0.05, 0) is 57.3 Å². The molecule has 1 atom stereocenters. The summed E-state index contributed by atoms with van der Waals surface area (Å²) in [4.78, 5) is 2.59. The number of piperidine rings is 1. The van der Waals surface area contributed by atoms with Crippen LogP contribution in [0.3, 0.4) is 0 Å². The molecule has 3 aliphatic rings. The van der Waals surface area contributed by atoms with E-state index < -0.39 is 0 Å². The number of nitrogens with zero attached hydrogens (tertiary/aromatic N) is 1. The van der Waals surface area contributed by atoms with Crippen molar-refractivity contribution in [2.75, 3.05) is 26.2 Å². The molecule has 1 unspecified atom stereocenters. The lowest BCUT2D eigenvalue weighted by atomic mass is 9.85. The smallest absolute Gasteiger partial charge is 0.00155 e. The first-order valence-electron chi connectivity index (χ1n) is 4.82. The number of rotatable bonds is 1. The maximum absolute atomic E-state index is 5.74. The maximum Gasteiger partial charge on any atom is -0.00155 e. The number of hydrogen-bond acceptors (Lipinski definition) is 2. The predicted molar refractivity (Wildman–Crippen MR) is 46.3 cm³/mol. The fourth-order valence-electron chi connectivity index (χ4n) is 2.54. The molecule has 3 heterocycles. The first kappa shape index (κ1) is 7.56. The summed E-state index contributed by atoms with van der Waals surface area (Å²) < 4.78 is 0. The van der Waals surface area contributed by atoms with Crippen LogP contribution in [0.4, 0.5) is 0 Å². The molecule has 2 heteroatoms. The van der Waals surface area contributed by atoms with E-state index in [-0.39, 0.29) is 0 Å². The van der Waals surface area contributed by atoms with Crippen LogP contribution in [0.5, 0.6) is 0 Å². The zero-order chi connectivity index (χ0) is 7.68. The molecule has 3 aliphatic heterocycles. The van der Waals surface area contributed by atoms with Gasteiger partial charge in [0.15, 0.2) is 0 Å². The summed E-state index contributed by atoms with van der Waals surface area (Å²) in [6.45, 7) is 4.89. The second kappa shape index (κ2) is 3.11. The molecule has 0 aromatic heterocycles. The summed E-state index contributed by atoms with van der Waals surface area (Å²) in [6, 6.07) is 0. The third-order valence-electron chi connectivity index (χ3n) is 3.42. The molecular weight excluding hydrogens is 136 g/mol. The monoisotopic (exact) mass is 154 g/mol. The van der Waals surface area contributed by atoms with Crippen LogP contribution in [0.25, 0.3) is 0 Å². The van der Waals surface area contributed by atoms with Crippen LogP contribution in [0.1, 0.15) is 19.3 Å². The first-order valence-corrected chi connectivity index (χ1v) is 4.82. The van der Waals surface area contributed by atoms with Gasteiger partial charge in [0.05, 0.1) is 0 Å². The minimum atomic E-state index is 0.836. The molecule has 0 aromatic rings. The summed E-state index contributed by atoms with van der Waals surface area (Å²) in [7, 11) is 0. The van der Waals surface area contributed by atoms with Crippen molar-refractivity contribution in [2.45, 2.75) is 19.3 Å². The van der Waals surface area contributed by atoms with Crippen LogP contribution in [-0.4, -0.2) is 31.1 Å². The average molecular weight is 154 g/mol. The molecule has 0 aliphatic carbocycles. The van der Waals surface area contributed by atoms with Crippen molar-refractivity contribution in [3.05, 3.63) is 0 Å². The highest BCUT2D eigenvalue weighted by molar-refractivity contribution is 4.83. The van der Waals surface area contributed by atoms with Gasteiger partial charge in [-0.1, -0.05) is 0 Å². The van der Waals surface area contributed by atoms with Gasteiger partial charge in [-0.15, -0.1) is 0 Å². The summed E-state index contributed by atoms with van der Waals surface area (Å²) >= 11 is 0. The maximum atomic E-state index is 5.74. The van der Waals surface area contributed by atoms with Crippen molar-refractivity contribution in [3.8, 4) is 0 Å². The van der Waals surface area contributed by atoms with Gasteiger partial charge in [0.2, 0.25) is 0 Å². The van der Waals surface area contributed by atoms with Crippen molar-refractivity contribution in [2.24, 2.45) is 17.6 Å². The molecule has 11 heavy (non-hydrogen) atoms. The third kappa shape index (κ3) is 1.42. The Balaban J connectivity index is 2.03. The average Bonchev–Trinajstić information content (AvgIpc) is 2.36. The van der Waals surface area contributed by atoms with E-state index in [2.05, 4.69) is 4.90 Å². The number of fused-ring (bicyclic) bond motifs is 4. The molecular formula is C9H18N2. The molecule has 2 N–H and O–H groups in total. The van der Waals surface area contributed by atoms with Crippen LogP contribution in [0.15, 0.2) is 0 Å². The van der Waals surface area contributed by atoms with E-state index in [0.717, 1.165) is 18.4 Å². The SMILES string of the molecule is NCC1CCN2CCC1CC2. The minimum absolute atomic E-state index is 0.836. The van der Waals surface area contributed by atoms with Crippen molar-refractivity contribution in [1.82, 2.24) is 4.90 Å². The van der Waals surface area contributed by atoms with Gasteiger partial charge in [0, 0.05) is 0 Å². The highest BCUT2D eigenvalue weighted by Crippen LogP contribution is 2.30. The summed E-state index contributed by atoms with van der Waals surface area (Å²) in [5.74, 6) is 1.79. The fourth-order valence-corrected chi connectivity index (χ4v) is 2.54. The summed E-state index contributed by atoms with van der Waals surface area (Å²) in [5.41, 5.74) is 5.74. The molecule has 2 bridgehead atoms. The van der Waals surface area contributed by atoms with E-state index >= 15 is 0 Å². The Bertz CT molecular complexity index is 128. The molecule has 3 rings (SSSR count). The first-order chi connectivity index (χ1) is 5.40. The lowest BCUT2D eigenvalue weighted by Gasteiger charge is -2.28. The topological polar surface area (TPSA) is 29.3 Å². The van der Waals surface area contributed by atoms with Crippen LogP contribution in [0.2, 0.25) is 0 Å². The molecule has 0 radical (unpaired) electrons.